The molecule has 0 bridgehead atoms. The van der Waals surface area contributed by atoms with E-state index in [2.05, 4.69) is 32.0 Å². The number of fused-ring (bicyclic) bond motifs is 1. The Bertz CT molecular complexity index is 851. The van der Waals surface area contributed by atoms with Crippen molar-refractivity contribution < 1.29 is 4.74 Å². The molecule has 7 heteroatoms. The summed E-state index contributed by atoms with van der Waals surface area (Å²) in [4.78, 5) is 22.3. The Morgan fingerprint density at radius 1 is 1.12 bits per heavy atom. The summed E-state index contributed by atoms with van der Waals surface area (Å²) in [5.41, 5.74) is 2.76. The Labute approximate surface area is 146 Å². The number of aromatic nitrogens is 4. The van der Waals surface area contributed by atoms with Crippen molar-refractivity contribution in [3.8, 4) is 0 Å². The lowest BCUT2D eigenvalue weighted by atomic mass is 10.2. The summed E-state index contributed by atoms with van der Waals surface area (Å²) >= 11 is 0. The van der Waals surface area contributed by atoms with E-state index in [0.717, 1.165) is 36.5 Å². The second-order valence-corrected chi connectivity index (χ2v) is 6.04. The fraction of sp³-hybridized carbons (Fsp3) is 0.333. The Balaban J connectivity index is 1.71. The molecule has 128 valence electrons. The standard InChI is InChI=1S/C18H20N6O/c1-23(12-14-5-3-2-4-6-14)18-21-15-11-19-13-20-16(15)17(22-18)24-7-9-25-10-8-24/h2-6,11,13H,7-10,12H2,1H3. The average molecular weight is 336 g/mol. The van der Waals surface area contributed by atoms with Gasteiger partial charge in [-0.05, 0) is 5.56 Å². The van der Waals surface area contributed by atoms with Gasteiger partial charge in [0.05, 0.1) is 19.4 Å². The quantitative estimate of drug-likeness (QED) is 0.721. The van der Waals surface area contributed by atoms with Crippen molar-refractivity contribution in [2.24, 2.45) is 0 Å². The van der Waals surface area contributed by atoms with Crippen LogP contribution in [0.2, 0.25) is 0 Å². The van der Waals surface area contributed by atoms with Crippen molar-refractivity contribution in [2.75, 3.05) is 43.2 Å². The molecule has 0 N–H and O–H groups in total. The zero-order chi connectivity index (χ0) is 17.1. The van der Waals surface area contributed by atoms with Gasteiger partial charge in [0.1, 0.15) is 17.4 Å². The van der Waals surface area contributed by atoms with Gasteiger partial charge in [0.2, 0.25) is 5.95 Å². The van der Waals surface area contributed by atoms with Gasteiger partial charge in [-0.2, -0.15) is 4.98 Å². The third kappa shape index (κ3) is 3.36. The maximum atomic E-state index is 5.46. The van der Waals surface area contributed by atoms with Crippen LogP contribution >= 0.6 is 0 Å². The van der Waals surface area contributed by atoms with Gasteiger partial charge in [0, 0.05) is 26.7 Å². The highest BCUT2D eigenvalue weighted by Gasteiger charge is 2.19. The minimum Gasteiger partial charge on any atom is -0.378 e. The van der Waals surface area contributed by atoms with Crippen molar-refractivity contribution in [3.63, 3.8) is 0 Å². The fourth-order valence-corrected chi connectivity index (χ4v) is 2.95. The lowest BCUT2D eigenvalue weighted by Gasteiger charge is -2.29. The summed E-state index contributed by atoms with van der Waals surface area (Å²) in [7, 11) is 2.00. The predicted molar refractivity (Wildman–Crippen MR) is 96.7 cm³/mol. The molecule has 0 saturated carbocycles. The monoisotopic (exact) mass is 336 g/mol. The van der Waals surface area contributed by atoms with E-state index in [1.807, 2.05) is 30.1 Å². The predicted octanol–water partition coefficient (Wildman–Crippen LogP) is 1.89. The van der Waals surface area contributed by atoms with E-state index in [9.17, 15) is 0 Å². The SMILES string of the molecule is CN(Cc1ccccc1)c1nc(N2CCOCC2)c2ncncc2n1. The van der Waals surface area contributed by atoms with Crippen LogP contribution in [0.4, 0.5) is 11.8 Å². The number of ether oxygens (including phenoxy) is 1. The third-order valence-corrected chi connectivity index (χ3v) is 4.25. The summed E-state index contributed by atoms with van der Waals surface area (Å²) < 4.78 is 5.46. The van der Waals surface area contributed by atoms with Crippen LogP contribution in [-0.2, 0) is 11.3 Å². The average Bonchev–Trinajstić information content (AvgIpc) is 2.68. The van der Waals surface area contributed by atoms with Gasteiger partial charge >= 0.3 is 0 Å². The van der Waals surface area contributed by atoms with Crippen molar-refractivity contribution in [2.45, 2.75) is 6.54 Å². The highest BCUT2D eigenvalue weighted by Crippen LogP contribution is 2.25. The van der Waals surface area contributed by atoms with E-state index in [0.29, 0.717) is 19.2 Å². The number of nitrogens with zero attached hydrogens (tertiary/aromatic N) is 6. The minimum atomic E-state index is 0.674. The van der Waals surface area contributed by atoms with Gasteiger partial charge in [-0.3, -0.25) is 0 Å². The third-order valence-electron chi connectivity index (χ3n) is 4.25. The molecule has 0 aliphatic carbocycles. The molecule has 1 aliphatic heterocycles. The molecule has 1 aliphatic rings. The summed E-state index contributed by atoms with van der Waals surface area (Å²) in [6.07, 6.45) is 3.29. The van der Waals surface area contributed by atoms with Crippen molar-refractivity contribution >= 4 is 22.8 Å². The van der Waals surface area contributed by atoms with E-state index < -0.39 is 0 Å². The molecule has 1 fully saturated rings. The summed E-state index contributed by atoms with van der Waals surface area (Å²) in [6, 6.07) is 10.3. The Morgan fingerprint density at radius 2 is 1.92 bits per heavy atom. The van der Waals surface area contributed by atoms with E-state index in [-0.39, 0.29) is 0 Å². The highest BCUT2D eigenvalue weighted by molar-refractivity contribution is 5.86. The Morgan fingerprint density at radius 3 is 2.72 bits per heavy atom. The summed E-state index contributed by atoms with van der Waals surface area (Å²) in [6.45, 7) is 3.75. The van der Waals surface area contributed by atoms with Crippen LogP contribution in [0, 0.1) is 0 Å². The maximum absolute atomic E-state index is 5.46. The molecular formula is C18H20N6O. The first-order valence-corrected chi connectivity index (χ1v) is 8.37. The lowest BCUT2D eigenvalue weighted by Crippen LogP contribution is -2.37. The second-order valence-electron chi connectivity index (χ2n) is 6.04. The van der Waals surface area contributed by atoms with Crippen LogP contribution < -0.4 is 9.80 Å². The number of benzene rings is 1. The van der Waals surface area contributed by atoms with Crippen molar-refractivity contribution in [3.05, 3.63) is 48.4 Å². The van der Waals surface area contributed by atoms with E-state index in [4.69, 9.17) is 9.72 Å². The molecule has 1 aromatic carbocycles. The van der Waals surface area contributed by atoms with E-state index in [1.165, 1.54) is 5.56 Å². The molecule has 3 heterocycles. The maximum Gasteiger partial charge on any atom is 0.228 e. The number of morpholine rings is 1. The van der Waals surface area contributed by atoms with Crippen LogP contribution in [0.3, 0.4) is 0 Å². The smallest absolute Gasteiger partial charge is 0.228 e. The number of anilines is 2. The molecule has 0 radical (unpaired) electrons. The molecule has 1 saturated heterocycles. The number of hydrogen-bond acceptors (Lipinski definition) is 7. The summed E-state index contributed by atoms with van der Waals surface area (Å²) in [5.74, 6) is 1.53. The summed E-state index contributed by atoms with van der Waals surface area (Å²) in [5, 5.41) is 0. The molecule has 3 aromatic rings. The molecule has 7 nitrogen and oxygen atoms in total. The zero-order valence-electron chi connectivity index (χ0n) is 14.2. The van der Waals surface area contributed by atoms with E-state index in [1.54, 1.807) is 12.5 Å². The lowest BCUT2D eigenvalue weighted by molar-refractivity contribution is 0.122. The Kier molecular flexibility index (Phi) is 4.39. The zero-order valence-corrected chi connectivity index (χ0v) is 14.2. The first kappa shape index (κ1) is 15.7. The van der Waals surface area contributed by atoms with Crippen molar-refractivity contribution in [1.82, 2.24) is 19.9 Å². The van der Waals surface area contributed by atoms with Crippen LogP contribution in [0.25, 0.3) is 11.0 Å². The van der Waals surface area contributed by atoms with Crippen LogP contribution in [-0.4, -0.2) is 53.3 Å². The fourth-order valence-electron chi connectivity index (χ4n) is 2.95. The van der Waals surface area contributed by atoms with Gasteiger partial charge in [-0.15, -0.1) is 0 Å². The first-order valence-electron chi connectivity index (χ1n) is 8.37. The highest BCUT2D eigenvalue weighted by atomic mass is 16.5. The van der Waals surface area contributed by atoms with E-state index >= 15 is 0 Å². The second kappa shape index (κ2) is 6.98. The molecule has 2 aromatic heterocycles. The molecule has 0 unspecified atom stereocenters. The molecule has 0 atom stereocenters. The molecule has 4 rings (SSSR count). The largest absolute Gasteiger partial charge is 0.378 e. The van der Waals surface area contributed by atoms with Gasteiger partial charge < -0.3 is 14.5 Å². The van der Waals surface area contributed by atoms with Gasteiger partial charge in [-0.1, -0.05) is 30.3 Å². The molecule has 25 heavy (non-hydrogen) atoms. The number of hydrogen-bond donors (Lipinski definition) is 0. The topological polar surface area (TPSA) is 67.3 Å². The molecular weight excluding hydrogens is 316 g/mol. The minimum absolute atomic E-state index is 0.674. The van der Waals surface area contributed by atoms with Gasteiger partial charge in [-0.25, -0.2) is 15.0 Å². The van der Waals surface area contributed by atoms with Crippen LogP contribution in [0.5, 0.6) is 0 Å². The Hall–Kier alpha value is -2.80. The van der Waals surface area contributed by atoms with Gasteiger partial charge in [0.15, 0.2) is 5.82 Å². The van der Waals surface area contributed by atoms with Crippen LogP contribution in [0.1, 0.15) is 5.56 Å². The van der Waals surface area contributed by atoms with Crippen molar-refractivity contribution in [1.29, 1.82) is 0 Å². The normalized spacial score (nSPS) is 14.7. The first-order chi connectivity index (χ1) is 12.3. The van der Waals surface area contributed by atoms with Gasteiger partial charge in [0.25, 0.3) is 0 Å². The van der Waals surface area contributed by atoms with Crippen LogP contribution in [0.15, 0.2) is 42.9 Å². The molecule has 0 amide bonds. The molecule has 0 spiro atoms. The number of rotatable bonds is 4.